The summed E-state index contributed by atoms with van der Waals surface area (Å²) in [6.45, 7) is -0.109. The SMILES string of the molecule is O=C(Nc1nccs1)C(CC1CCCCC1)N1CCN(S(=O)(=O)c2cc(Cl)c(Cl)s2)CC1=O. The van der Waals surface area contributed by atoms with Gasteiger partial charge in [0.25, 0.3) is 10.0 Å². The molecule has 33 heavy (non-hydrogen) atoms. The fourth-order valence-corrected chi connectivity index (χ4v) is 8.32. The lowest BCUT2D eigenvalue weighted by molar-refractivity contribution is -0.142. The molecule has 2 aliphatic rings. The molecule has 13 heteroatoms. The number of amides is 2. The number of sulfonamides is 1. The molecule has 1 N–H and O–H groups in total. The smallest absolute Gasteiger partial charge is 0.253 e. The summed E-state index contributed by atoms with van der Waals surface area (Å²) < 4.78 is 27.3. The summed E-state index contributed by atoms with van der Waals surface area (Å²) in [5.74, 6) is -0.318. The number of carbonyl (C=O) groups is 2. The molecule has 1 saturated carbocycles. The van der Waals surface area contributed by atoms with Crippen LogP contribution in [0, 0.1) is 5.92 Å². The van der Waals surface area contributed by atoms with Gasteiger partial charge in [-0.25, -0.2) is 13.4 Å². The predicted molar refractivity (Wildman–Crippen MR) is 131 cm³/mol. The van der Waals surface area contributed by atoms with Crippen LogP contribution >= 0.6 is 45.9 Å². The topological polar surface area (TPSA) is 99.7 Å². The van der Waals surface area contributed by atoms with Crippen LogP contribution in [0.1, 0.15) is 38.5 Å². The van der Waals surface area contributed by atoms with E-state index in [1.54, 1.807) is 11.6 Å². The van der Waals surface area contributed by atoms with Crippen LogP contribution < -0.4 is 5.32 Å². The summed E-state index contributed by atoms with van der Waals surface area (Å²) in [7, 11) is -3.91. The first-order valence-corrected chi connectivity index (χ1v) is 14.6. The van der Waals surface area contributed by atoms with Gasteiger partial charge in [-0.15, -0.1) is 22.7 Å². The van der Waals surface area contributed by atoms with E-state index in [0.29, 0.717) is 17.5 Å². The highest BCUT2D eigenvalue weighted by atomic mass is 35.5. The van der Waals surface area contributed by atoms with Crippen LogP contribution in [0.15, 0.2) is 21.9 Å². The van der Waals surface area contributed by atoms with Gasteiger partial charge < -0.3 is 10.2 Å². The minimum atomic E-state index is -3.91. The first-order valence-electron chi connectivity index (χ1n) is 10.7. The summed E-state index contributed by atoms with van der Waals surface area (Å²) in [6.07, 6.45) is 7.67. The molecule has 0 radical (unpaired) electrons. The van der Waals surface area contributed by atoms with Crippen molar-refractivity contribution in [2.75, 3.05) is 25.0 Å². The van der Waals surface area contributed by atoms with Crippen molar-refractivity contribution in [2.45, 2.75) is 48.8 Å². The molecule has 1 unspecified atom stereocenters. The molecule has 2 amide bonds. The number of aromatic nitrogens is 1. The molecule has 1 aliphatic carbocycles. The van der Waals surface area contributed by atoms with Crippen LogP contribution in [0.4, 0.5) is 5.13 Å². The normalized spacial score (nSPS) is 19.6. The first-order chi connectivity index (χ1) is 15.8. The molecule has 180 valence electrons. The Bertz CT molecular complexity index is 1080. The lowest BCUT2D eigenvalue weighted by Crippen LogP contribution is -2.58. The van der Waals surface area contributed by atoms with Crippen LogP contribution in [0.25, 0.3) is 0 Å². The van der Waals surface area contributed by atoms with Gasteiger partial charge in [0.05, 0.1) is 11.6 Å². The Hall–Kier alpha value is -1.24. The predicted octanol–water partition coefficient (Wildman–Crippen LogP) is 4.32. The number of thiophene rings is 1. The number of anilines is 1. The van der Waals surface area contributed by atoms with Gasteiger partial charge in [0, 0.05) is 24.7 Å². The average molecular weight is 552 g/mol. The molecule has 0 aromatic carbocycles. The van der Waals surface area contributed by atoms with E-state index < -0.39 is 22.0 Å². The quantitative estimate of drug-likeness (QED) is 0.553. The molecular formula is C20H24Cl2N4O4S3. The van der Waals surface area contributed by atoms with Gasteiger partial charge in [-0.3, -0.25) is 9.59 Å². The molecule has 2 aromatic heterocycles. The number of hydrogen-bond donors (Lipinski definition) is 1. The lowest BCUT2D eigenvalue weighted by atomic mass is 9.84. The molecule has 8 nitrogen and oxygen atoms in total. The fourth-order valence-electron chi connectivity index (χ4n) is 4.37. The van der Waals surface area contributed by atoms with E-state index >= 15 is 0 Å². The summed E-state index contributed by atoms with van der Waals surface area (Å²) in [6, 6.07) is 0.633. The van der Waals surface area contributed by atoms with Crippen LogP contribution in [0.5, 0.6) is 0 Å². The first kappa shape index (κ1) is 24.9. The van der Waals surface area contributed by atoms with Gasteiger partial charge >= 0.3 is 0 Å². The monoisotopic (exact) mass is 550 g/mol. The Labute approximate surface area is 210 Å². The molecule has 1 atom stereocenters. The summed E-state index contributed by atoms with van der Waals surface area (Å²) in [5.41, 5.74) is 0. The standard InChI is InChI=1S/C20H24Cl2N4O4S3/c21-14-11-17(32-18(14)22)33(29,30)25-7-8-26(16(27)12-25)15(10-13-4-2-1-3-5-13)19(28)24-20-23-6-9-31-20/h6,9,11,13,15H,1-5,7-8,10,12H2,(H,23,24,28). The fraction of sp³-hybridized carbons (Fsp3) is 0.550. The van der Waals surface area contributed by atoms with Crippen molar-refractivity contribution >= 4 is 72.8 Å². The summed E-state index contributed by atoms with van der Waals surface area (Å²) >= 11 is 14.0. The van der Waals surface area contributed by atoms with Crippen molar-refractivity contribution in [3.8, 4) is 0 Å². The number of halogens is 2. The number of carbonyl (C=O) groups excluding carboxylic acids is 2. The number of nitrogens with zero attached hydrogens (tertiary/aromatic N) is 3. The van der Waals surface area contributed by atoms with Gasteiger partial charge in [0.1, 0.15) is 14.6 Å². The maximum Gasteiger partial charge on any atom is 0.253 e. The second kappa shape index (κ2) is 10.6. The molecule has 1 saturated heterocycles. The van der Waals surface area contributed by atoms with Crippen LogP contribution in [0.3, 0.4) is 0 Å². The van der Waals surface area contributed by atoms with Gasteiger partial charge in [-0.2, -0.15) is 4.31 Å². The average Bonchev–Trinajstić information content (AvgIpc) is 3.42. The minimum absolute atomic E-state index is 0.000909. The minimum Gasteiger partial charge on any atom is -0.328 e. The zero-order valence-corrected chi connectivity index (χ0v) is 21.7. The van der Waals surface area contributed by atoms with Gasteiger partial charge in [0.2, 0.25) is 11.8 Å². The third-order valence-corrected chi connectivity index (χ3v) is 10.9. The number of thiazole rings is 1. The van der Waals surface area contributed by atoms with E-state index in [1.807, 2.05) is 0 Å². The third-order valence-electron chi connectivity index (χ3n) is 6.06. The van der Waals surface area contributed by atoms with E-state index in [4.69, 9.17) is 23.2 Å². The molecule has 2 aromatic rings. The molecule has 0 spiro atoms. The van der Waals surface area contributed by atoms with Crippen molar-refractivity contribution < 1.29 is 18.0 Å². The van der Waals surface area contributed by atoms with Crippen molar-refractivity contribution in [1.82, 2.24) is 14.2 Å². The zero-order chi connectivity index (χ0) is 23.6. The maximum atomic E-state index is 13.2. The number of piperazine rings is 1. The van der Waals surface area contributed by atoms with Crippen molar-refractivity contribution in [3.05, 3.63) is 27.0 Å². The van der Waals surface area contributed by atoms with Crippen LogP contribution in [-0.4, -0.2) is 60.1 Å². The molecule has 3 heterocycles. The highest BCUT2D eigenvalue weighted by Crippen LogP contribution is 2.36. The highest BCUT2D eigenvalue weighted by Gasteiger charge is 2.39. The molecule has 4 rings (SSSR count). The number of nitrogens with one attached hydrogen (secondary N) is 1. The van der Waals surface area contributed by atoms with E-state index in [9.17, 15) is 18.0 Å². The zero-order valence-electron chi connectivity index (χ0n) is 17.7. The lowest BCUT2D eigenvalue weighted by Gasteiger charge is -2.39. The van der Waals surface area contributed by atoms with E-state index in [0.717, 1.165) is 41.3 Å². The molecule has 2 fully saturated rings. The number of hydrogen-bond acceptors (Lipinski definition) is 7. The van der Waals surface area contributed by atoms with Crippen molar-refractivity contribution in [3.63, 3.8) is 0 Å². The Kier molecular flexibility index (Phi) is 7.97. The summed E-state index contributed by atoms with van der Waals surface area (Å²) in [4.78, 5) is 31.9. The second-order valence-electron chi connectivity index (χ2n) is 8.19. The number of rotatable bonds is 7. The van der Waals surface area contributed by atoms with Gasteiger partial charge in [-0.05, 0) is 18.4 Å². The van der Waals surface area contributed by atoms with Crippen LogP contribution in [-0.2, 0) is 19.6 Å². The maximum absolute atomic E-state index is 13.2. The Morgan fingerprint density at radius 2 is 2.00 bits per heavy atom. The second-order valence-corrected chi connectivity index (χ2v) is 13.3. The largest absolute Gasteiger partial charge is 0.328 e. The Balaban J connectivity index is 1.50. The van der Waals surface area contributed by atoms with Crippen molar-refractivity contribution in [2.24, 2.45) is 5.92 Å². The summed E-state index contributed by atoms with van der Waals surface area (Å²) in [5, 5.41) is 5.23. The van der Waals surface area contributed by atoms with E-state index in [1.165, 1.54) is 28.7 Å². The molecule has 0 bridgehead atoms. The highest BCUT2D eigenvalue weighted by molar-refractivity contribution is 7.91. The van der Waals surface area contributed by atoms with Gasteiger partial charge in [-0.1, -0.05) is 55.3 Å². The third kappa shape index (κ3) is 5.71. The van der Waals surface area contributed by atoms with E-state index in [2.05, 4.69) is 10.3 Å². The van der Waals surface area contributed by atoms with Crippen molar-refractivity contribution in [1.29, 1.82) is 0 Å². The van der Waals surface area contributed by atoms with E-state index in [-0.39, 0.29) is 39.1 Å². The van der Waals surface area contributed by atoms with Gasteiger partial charge in [0.15, 0.2) is 5.13 Å². The Morgan fingerprint density at radius 1 is 1.24 bits per heavy atom. The Morgan fingerprint density at radius 3 is 2.61 bits per heavy atom. The molecule has 1 aliphatic heterocycles. The molecular weight excluding hydrogens is 527 g/mol. The van der Waals surface area contributed by atoms with Crippen LogP contribution in [0.2, 0.25) is 9.36 Å².